The molecule has 1 aromatic carbocycles. The number of rotatable bonds is 6. The minimum Gasteiger partial charge on any atom is -0.465 e. The fourth-order valence-corrected chi connectivity index (χ4v) is 3.50. The lowest BCUT2D eigenvalue weighted by Gasteiger charge is -2.16. The molecule has 160 valence electrons. The van der Waals surface area contributed by atoms with E-state index in [1.54, 1.807) is 43.3 Å². The van der Waals surface area contributed by atoms with Crippen LogP contribution >= 0.6 is 0 Å². The van der Waals surface area contributed by atoms with Crippen LogP contribution in [0.4, 0.5) is 0 Å². The molecule has 9 heteroatoms. The quantitative estimate of drug-likeness (QED) is 0.556. The first kappa shape index (κ1) is 20.5. The van der Waals surface area contributed by atoms with Crippen molar-refractivity contribution in [2.75, 3.05) is 13.7 Å². The topological polar surface area (TPSA) is 109 Å². The van der Waals surface area contributed by atoms with Gasteiger partial charge in [0.1, 0.15) is 6.54 Å². The molecule has 3 aromatic rings. The molecule has 31 heavy (non-hydrogen) atoms. The predicted octanol–water partition coefficient (Wildman–Crippen LogP) is 1.77. The fourth-order valence-electron chi connectivity index (χ4n) is 3.50. The van der Waals surface area contributed by atoms with Crippen LogP contribution in [-0.4, -0.2) is 39.8 Å². The van der Waals surface area contributed by atoms with Crippen LogP contribution in [-0.2, 0) is 20.8 Å². The van der Waals surface area contributed by atoms with Gasteiger partial charge in [0.15, 0.2) is 5.65 Å². The van der Waals surface area contributed by atoms with Gasteiger partial charge in [-0.15, -0.1) is 0 Å². The van der Waals surface area contributed by atoms with E-state index in [0.717, 1.165) is 17.4 Å². The predicted molar refractivity (Wildman–Crippen MR) is 112 cm³/mol. The monoisotopic (exact) mass is 423 g/mol. The molecule has 0 radical (unpaired) electrons. The average molecular weight is 423 g/mol. The Hall–Kier alpha value is -3.75. The number of nitrogens with zero attached hydrogens (tertiary/aromatic N) is 3. The van der Waals surface area contributed by atoms with Gasteiger partial charge < -0.3 is 9.47 Å². The molecular formula is C22H21N3O6. The zero-order valence-electron chi connectivity index (χ0n) is 17.2. The highest BCUT2D eigenvalue weighted by Crippen LogP contribution is 2.40. The molecule has 0 bridgehead atoms. The van der Waals surface area contributed by atoms with Crippen LogP contribution < -0.4 is 11.2 Å². The molecule has 0 saturated heterocycles. The Morgan fingerprint density at radius 2 is 1.87 bits per heavy atom. The van der Waals surface area contributed by atoms with Crippen molar-refractivity contribution >= 4 is 23.0 Å². The highest BCUT2D eigenvalue weighted by atomic mass is 16.5. The number of esters is 2. The summed E-state index contributed by atoms with van der Waals surface area (Å²) in [4.78, 5) is 55.9. The summed E-state index contributed by atoms with van der Waals surface area (Å²) in [5.74, 6) is -1.29. The maximum absolute atomic E-state index is 13.4. The van der Waals surface area contributed by atoms with Gasteiger partial charge in [0, 0.05) is 11.6 Å². The molecule has 1 aliphatic rings. The molecule has 0 amide bonds. The van der Waals surface area contributed by atoms with E-state index in [0.29, 0.717) is 11.4 Å². The van der Waals surface area contributed by atoms with Gasteiger partial charge >= 0.3 is 17.6 Å². The second kappa shape index (κ2) is 8.17. The zero-order chi connectivity index (χ0) is 22.1. The van der Waals surface area contributed by atoms with E-state index in [1.165, 1.54) is 11.7 Å². The van der Waals surface area contributed by atoms with Gasteiger partial charge in [-0.05, 0) is 38.0 Å². The Kier molecular flexibility index (Phi) is 5.41. The van der Waals surface area contributed by atoms with Crippen LogP contribution in [0, 0.1) is 0 Å². The summed E-state index contributed by atoms with van der Waals surface area (Å²) in [7, 11) is 1.22. The molecule has 1 saturated carbocycles. The number of hydrogen-bond acceptors (Lipinski definition) is 7. The standard InChI is InChI=1S/C22H21N3O6/c1-3-31-17(26)12-24-20(27)18-15(21(28)30-2)11-16(13-9-10-13)23-19(18)25(22(24)29)14-7-5-4-6-8-14/h4-8,11,13H,3,9-10,12H2,1-2H3. The highest BCUT2D eigenvalue weighted by molar-refractivity contribution is 6.02. The lowest BCUT2D eigenvalue weighted by molar-refractivity contribution is -0.143. The van der Waals surface area contributed by atoms with Gasteiger partial charge in [-0.3, -0.25) is 9.59 Å². The van der Waals surface area contributed by atoms with E-state index < -0.39 is 29.7 Å². The number of aromatic nitrogens is 3. The third-order valence-electron chi connectivity index (χ3n) is 5.12. The molecule has 2 aromatic heterocycles. The van der Waals surface area contributed by atoms with E-state index in [-0.39, 0.29) is 29.1 Å². The first-order chi connectivity index (χ1) is 15.0. The van der Waals surface area contributed by atoms with Crippen LogP contribution in [0.3, 0.4) is 0 Å². The number of benzene rings is 1. The van der Waals surface area contributed by atoms with Crippen molar-refractivity contribution in [2.45, 2.75) is 32.2 Å². The van der Waals surface area contributed by atoms with Crippen LogP contribution in [0.5, 0.6) is 0 Å². The molecule has 0 N–H and O–H groups in total. The first-order valence-corrected chi connectivity index (χ1v) is 9.96. The number of methoxy groups -OCH3 is 1. The number of pyridine rings is 1. The summed E-state index contributed by atoms with van der Waals surface area (Å²) >= 11 is 0. The largest absolute Gasteiger partial charge is 0.465 e. The number of fused-ring (bicyclic) bond motifs is 1. The van der Waals surface area contributed by atoms with Crippen LogP contribution in [0.2, 0.25) is 0 Å². The Labute approximate surface area is 176 Å². The Bertz CT molecular complexity index is 1290. The first-order valence-electron chi connectivity index (χ1n) is 9.96. The van der Waals surface area contributed by atoms with Crippen molar-refractivity contribution in [2.24, 2.45) is 0 Å². The minimum atomic E-state index is -0.796. The fraction of sp³-hybridized carbons (Fsp3) is 0.318. The number of para-hydroxylation sites is 1. The number of carbonyl (C=O) groups excluding carboxylic acids is 2. The third-order valence-corrected chi connectivity index (χ3v) is 5.12. The van der Waals surface area contributed by atoms with Crippen molar-refractivity contribution in [3.05, 3.63) is 68.5 Å². The van der Waals surface area contributed by atoms with Crippen LogP contribution in [0.15, 0.2) is 46.0 Å². The molecule has 4 rings (SSSR count). The number of carbonyl (C=O) groups is 2. The molecule has 9 nitrogen and oxygen atoms in total. The van der Waals surface area contributed by atoms with Crippen molar-refractivity contribution in [1.29, 1.82) is 0 Å². The Morgan fingerprint density at radius 3 is 2.48 bits per heavy atom. The second-order valence-electron chi connectivity index (χ2n) is 7.21. The minimum absolute atomic E-state index is 0.0155. The maximum Gasteiger partial charge on any atom is 0.338 e. The lowest BCUT2D eigenvalue weighted by Crippen LogP contribution is -2.42. The average Bonchev–Trinajstić information content (AvgIpc) is 3.62. The molecule has 2 heterocycles. The smallest absolute Gasteiger partial charge is 0.338 e. The third kappa shape index (κ3) is 3.74. The number of hydrogen-bond donors (Lipinski definition) is 0. The summed E-state index contributed by atoms with van der Waals surface area (Å²) < 4.78 is 11.8. The normalized spacial score (nSPS) is 13.2. The van der Waals surface area contributed by atoms with Gasteiger partial charge in [-0.25, -0.2) is 23.7 Å². The summed E-state index contributed by atoms with van der Waals surface area (Å²) in [5, 5.41) is -0.0796. The SMILES string of the molecule is CCOC(=O)Cn1c(=O)c2c(C(=O)OC)cc(C3CC3)nc2n(-c2ccccc2)c1=O. The maximum atomic E-state index is 13.4. The van der Waals surface area contributed by atoms with Gasteiger partial charge in [0.05, 0.1) is 30.4 Å². The van der Waals surface area contributed by atoms with E-state index >= 15 is 0 Å². The van der Waals surface area contributed by atoms with E-state index in [2.05, 4.69) is 4.98 Å². The molecule has 1 fully saturated rings. The summed E-state index contributed by atoms with van der Waals surface area (Å²) in [6.45, 7) is 1.15. The van der Waals surface area contributed by atoms with Gasteiger partial charge in [0.2, 0.25) is 0 Å². The highest BCUT2D eigenvalue weighted by Gasteiger charge is 2.30. The molecule has 0 atom stereocenters. The van der Waals surface area contributed by atoms with Crippen molar-refractivity contribution in [3.63, 3.8) is 0 Å². The van der Waals surface area contributed by atoms with E-state index in [9.17, 15) is 19.2 Å². The van der Waals surface area contributed by atoms with Gasteiger partial charge in [-0.2, -0.15) is 0 Å². The Morgan fingerprint density at radius 1 is 1.16 bits per heavy atom. The zero-order valence-corrected chi connectivity index (χ0v) is 17.2. The van der Waals surface area contributed by atoms with Crippen molar-refractivity contribution < 1.29 is 19.1 Å². The summed E-state index contributed by atoms with van der Waals surface area (Å²) in [6, 6.07) is 10.2. The molecule has 1 aliphatic carbocycles. The molecular weight excluding hydrogens is 402 g/mol. The van der Waals surface area contributed by atoms with Gasteiger partial charge in [0.25, 0.3) is 5.56 Å². The molecule has 0 aliphatic heterocycles. The molecule has 0 spiro atoms. The second-order valence-corrected chi connectivity index (χ2v) is 7.21. The van der Waals surface area contributed by atoms with Crippen LogP contribution in [0.1, 0.15) is 41.7 Å². The van der Waals surface area contributed by atoms with E-state index in [1.807, 2.05) is 0 Å². The van der Waals surface area contributed by atoms with Crippen molar-refractivity contribution in [1.82, 2.24) is 14.1 Å². The summed E-state index contributed by atoms with van der Waals surface area (Å²) in [6.07, 6.45) is 1.82. The van der Waals surface area contributed by atoms with Gasteiger partial charge in [-0.1, -0.05) is 18.2 Å². The Balaban J connectivity index is 2.12. The lowest BCUT2D eigenvalue weighted by atomic mass is 10.1. The van der Waals surface area contributed by atoms with Crippen molar-refractivity contribution in [3.8, 4) is 5.69 Å². The number of ether oxygens (including phenoxy) is 2. The van der Waals surface area contributed by atoms with E-state index in [4.69, 9.17) is 9.47 Å². The summed E-state index contributed by atoms with van der Waals surface area (Å²) in [5.41, 5.74) is -0.387. The molecule has 0 unspecified atom stereocenters. The van der Waals surface area contributed by atoms with Crippen LogP contribution in [0.25, 0.3) is 16.7 Å².